The van der Waals surface area contributed by atoms with Crippen molar-refractivity contribution in [1.29, 1.82) is 0 Å². The summed E-state index contributed by atoms with van der Waals surface area (Å²) in [7, 11) is 0. The number of hydrogen-bond acceptors (Lipinski definition) is 4. The SMILES string of the molecule is Cc1ccc(N)cc1SCC(O)COC(C)C. The third kappa shape index (κ3) is 5.44. The summed E-state index contributed by atoms with van der Waals surface area (Å²) in [4.78, 5) is 1.12. The normalized spacial score (nSPS) is 13.0. The monoisotopic (exact) mass is 255 g/mol. The van der Waals surface area contributed by atoms with E-state index >= 15 is 0 Å². The van der Waals surface area contributed by atoms with Crippen LogP contribution in [-0.2, 0) is 4.74 Å². The van der Waals surface area contributed by atoms with Crippen LogP contribution in [0, 0.1) is 6.92 Å². The van der Waals surface area contributed by atoms with E-state index in [1.54, 1.807) is 11.8 Å². The number of anilines is 1. The fourth-order valence-corrected chi connectivity index (χ4v) is 2.29. The molecule has 0 fully saturated rings. The molecule has 0 bridgehead atoms. The van der Waals surface area contributed by atoms with Crippen molar-refractivity contribution in [1.82, 2.24) is 0 Å². The quantitative estimate of drug-likeness (QED) is 0.605. The first kappa shape index (κ1) is 14.4. The maximum absolute atomic E-state index is 9.74. The molecule has 0 radical (unpaired) electrons. The van der Waals surface area contributed by atoms with Gasteiger partial charge in [0.15, 0.2) is 0 Å². The maximum Gasteiger partial charge on any atom is 0.0867 e. The van der Waals surface area contributed by atoms with Crippen LogP contribution >= 0.6 is 11.8 Å². The molecule has 0 spiro atoms. The van der Waals surface area contributed by atoms with E-state index in [1.165, 1.54) is 5.56 Å². The fraction of sp³-hybridized carbons (Fsp3) is 0.538. The first-order valence-corrected chi connectivity index (χ1v) is 6.76. The van der Waals surface area contributed by atoms with E-state index in [2.05, 4.69) is 0 Å². The van der Waals surface area contributed by atoms with Crippen LogP contribution in [0.2, 0.25) is 0 Å². The van der Waals surface area contributed by atoms with Gasteiger partial charge in [0.25, 0.3) is 0 Å². The van der Waals surface area contributed by atoms with E-state index < -0.39 is 6.10 Å². The molecule has 96 valence electrons. The van der Waals surface area contributed by atoms with Crippen molar-refractivity contribution >= 4 is 17.4 Å². The van der Waals surface area contributed by atoms with Gasteiger partial charge < -0.3 is 15.6 Å². The predicted molar refractivity (Wildman–Crippen MR) is 73.4 cm³/mol. The molecule has 3 N–H and O–H groups in total. The van der Waals surface area contributed by atoms with E-state index in [-0.39, 0.29) is 6.10 Å². The topological polar surface area (TPSA) is 55.5 Å². The molecule has 0 saturated heterocycles. The number of nitrogens with two attached hydrogens (primary N) is 1. The number of aliphatic hydroxyl groups excluding tert-OH is 1. The van der Waals surface area contributed by atoms with Crippen LogP contribution in [0.25, 0.3) is 0 Å². The number of thioether (sulfide) groups is 1. The molecule has 17 heavy (non-hydrogen) atoms. The average Bonchev–Trinajstić information content (AvgIpc) is 2.27. The summed E-state index contributed by atoms with van der Waals surface area (Å²) in [6, 6.07) is 5.82. The van der Waals surface area contributed by atoms with Crippen LogP contribution in [0.3, 0.4) is 0 Å². The zero-order valence-corrected chi connectivity index (χ0v) is 11.5. The summed E-state index contributed by atoms with van der Waals surface area (Å²) in [6.07, 6.45) is -0.285. The van der Waals surface area contributed by atoms with Gasteiger partial charge in [-0.3, -0.25) is 0 Å². The molecule has 1 aromatic carbocycles. The minimum absolute atomic E-state index is 0.156. The van der Waals surface area contributed by atoms with Crippen molar-refractivity contribution in [3.63, 3.8) is 0 Å². The van der Waals surface area contributed by atoms with Gasteiger partial charge in [-0.2, -0.15) is 0 Å². The Labute approximate surface area is 107 Å². The summed E-state index contributed by atoms with van der Waals surface area (Å²) in [5.41, 5.74) is 7.67. The molecule has 0 aromatic heterocycles. The first-order valence-electron chi connectivity index (χ1n) is 5.77. The van der Waals surface area contributed by atoms with Crippen LogP contribution in [0.1, 0.15) is 19.4 Å². The smallest absolute Gasteiger partial charge is 0.0867 e. The Morgan fingerprint density at radius 1 is 1.41 bits per heavy atom. The van der Waals surface area contributed by atoms with Gasteiger partial charge in [-0.25, -0.2) is 0 Å². The molecular formula is C13H21NO2S. The highest BCUT2D eigenvalue weighted by Crippen LogP contribution is 2.25. The number of hydrogen-bond donors (Lipinski definition) is 2. The second kappa shape index (κ2) is 6.89. The number of benzene rings is 1. The van der Waals surface area contributed by atoms with Crippen molar-refractivity contribution in [2.45, 2.75) is 37.9 Å². The summed E-state index contributed by atoms with van der Waals surface area (Å²) in [5, 5.41) is 9.74. The Balaban J connectivity index is 2.41. The number of nitrogen functional groups attached to an aromatic ring is 1. The van der Waals surface area contributed by atoms with Crippen molar-refractivity contribution in [3.05, 3.63) is 23.8 Å². The Hall–Kier alpha value is -0.710. The van der Waals surface area contributed by atoms with Crippen molar-refractivity contribution in [3.8, 4) is 0 Å². The number of ether oxygens (including phenoxy) is 1. The van der Waals surface area contributed by atoms with E-state index in [1.807, 2.05) is 39.0 Å². The van der Waals surface area contributed by atoms with Gasteiger partial charge in [0, 0.05) is 16.3 Å². The van der Waals surface area contributed by atoms with Gasteiger partial charge in [-0.15, -0.1) is 11.8 Å². The summed E-state index contributed by atoms with van der Waals surface area (Å²) in [6.45, 7) is 6.34. The van der Waals surface area contributed by atoms with Crippen LogP contribution in [0.15, 0.2) is 23.1 Å². The van der Waals surface area contributed by atoms with Crippen LogP contribution in [-0.4, -0.2) is 29.7 Å². The molecule has 0 aliphatic carbocycles. The zero-order valence-electron chi connectivity index (χ0n) is 10.6. The van der Waals surface area contributed by atoms with E-state index in [0.29, 0.717) is 12.4 Å². The highest BCUT2D eigenvalue weighted by Gasteiger charge is 2.08. The lowest BCUT2D eigenvalue weighted by molar-refractivity contribution is 0.0152. The lowest BCUT2D eigenvalue weighted by Crippen LogP contribution is -2.20. The summed E-state index contributed by atoms with van der Waals surface area (Å²) in [5.74, 6) is 0.622. The second-order valence-electron chi connectivity index (χ2n) is 4.37. The van der Waals surface area contributed by atoms with Gasteiger partial charge in [-0.05, 0) is 38.5 Å². The van der Waals surface area contributed by atoms with Crippen LogP contribution in [0.4, 0.5) is 5.69 Å². The number of aliphatic hydroxyl groups is 1. The van der Waals surface area contributed by atoms with Crippen LogP contribution < -0.4 is 5.73 Å². The molecule has 1 aromatic rings. The summed E-state index contributed by atoms with van der Waals surface area (Å²) >= 11 is 1.61. The van der Waals surface area contributed by atoms with E-state index in [0.717, 1.165) is 10.6 Å². The highest BCUT2D eigenvalue weighted by atomic mass is 32.2. The van der Waals surface area contributed by atoms with E-state index in [4.69, 9.17) is 10.5 Å². The molecule has 3 nitrogen and oxygen atoms in total. The van der Waals surface area contributed by atoms with Gasteiger partial charge in [0.1, 0.15) is 0 Å². The molecule has 0 aliphatic rings. The van der Waals surface area contributed by atoms with E-state index in [9.17, 15) is 5.11 Å². The largest absolute Gasteiger partial charge is 0.399 e. The molecule has 1 atom stereocenters. The average molecular weight is 255 g/mol. The minimum Gasteiger partial charge on any atom is -0.399 e. The number of rotatable bonds is 6. The fourth-order valence-electron chi connectivity index (χ4n) is 1.31. The Kier molecular flexibility index (Phi) is 5.82. The molecule has 0 amide bonds. The Morgan fingerprint density at radius 3 is 2.76 bits per heavy atom. The number of aryl methyl sites for hydroxylation is 1. The first-order chi connectivity index (χ1) is 7.99. The predicted octanol–water partition coefficient (Wildman–Crippen LogP) is 2.46. The summed E-state index contributed by atoms with van der Waals surface area (Å²) < 4.78 is 5.36. The lowest BCUT2D eigenvalue weighted by atomic mass is 10.2. The van der Waals surface area contributed by atoms with Gasteiger partial charge >= 0.3 is 0 Å². The molecule has 0 heterocycles. The minimum atomic E-state index is -0.441. The van der Waals surface area contributed by atoms with Crippen molar-refractivity contribution in [2.24, 2.45) is 0 Å². The molecule has 0 saturated carbocycles. The third-order valence-electron chi connectivity index (χ3n) is 2.27. The molecule has 4 heteroatoms. The van der Waals surface area contributed by atoms with Gasteiger partial charge in [-0.1, -0.05) is 6.07 Å². The molecule has 0 aliphatic heterocycles. The Morgan fingerprint density at radius 2 is 2.12 bits per heavy atom. The lowest BCUT2D eigenvalue weighted by Gasteiger charge is -2.14. The zero-order chi connectivity index (χ0) is 12.8. The van der Waals surface area contributed by atoms with Crippen molar-refractivity contribution < 1.29 is 9.84 Å². The van der Waals surface area contributed by atoms with Crippen LogP contribution in [0.5, 0.6) is 0 Å². The second-order valence-corrected chi connectivity index (χ2v) is 5.43. The highest BCUT2D eigenvalue weighted by molar-refractivity contribution is 7.99. The van der Waals surface area contributed by atoms with Crippen molar-refractivity contribution in [2.75, 3.05) is 18.1 Å². The third-order valence-corrected chi connectivity index (χ3v) is 3.57. The molecular weight excluding hydrogens is 234 g/mol. The standard InChI is InChI=1S/C13H21NO2S/c1-9(2)16-7-12(15)8-17-13-6-11(14)5-4-10(13)3/h4-6,9,12,15H,7-8,14H2,1-3H3. The molecule has 1 unspecified atom stereocenters. The molecule has 1 rings (SSSR count). The maximum atomic E-state index is 9.74. The van der Waals surface area contributed by atoms with Gasteiger partial charge in [0.05, 0.1) is 18.8 Å². The van der Waals surface area contributed by atoms with Gasteiger partial charge in [0.2, 0.25) is 0 Å². The Bertz CT molecular complexity index is 355.